The minimum atomic E-state index is -0.203. The fourth-order valence-corrected chi connectivity index (χ4v) is 3.00. The summed E-state index contributed by atoms with van der Waals surface area (Å²) in [4.78, 5) is 13.0. The summed E-state index contributed by atoms with van der Waals surface area (Å²) in [6, 6.07) is 3.37. The Hall–Kier alpha value is -2.88. The molecule has 4 heteroatoms. The highest BCUT2D eigenvalue weighted by Crippen LogP contribution is 2.33. The Morgan fingerprint density at radius 2 is 1.75 bits per heavy atom. The van der Waals surface area contributed by atoms with Crippen LogP contribution in [0.1, 0.15) is 53.3 Å². The van der Waals surface area contributed by atoms with Gasteiger partial charge in [0.2, 0.25) is 5.78 Å². The molecule has 2 aromatic rings. The molecule has 0 amide bonds. The first-order chi connectivity index (χ1) is 11.8. The Bertz CT molecular complexity index is 827. The van der Waals surface area contributed by atoms with E-state index < -0.39 is 0 Å². The zero-order valence-electron chi connectivity index (χ0n) is 13.2. The van der Waals surface area contributed by atoms with E-state index in [2.05, 4.69) is 29.5 Å². The topological polar surface area (TPSA) is 56.2 Å². The van der Waals surface area contributed by atoms with Gasteiger partial charge in [0.05, 0.1) is 6.26 Å². The smallest absolute Gasteiger partial charge is 0.234 e. The molecule has 0 unspecified atom stereocenters. The summed E-state index contributed by atoms with van der Waals surface area (Å²) in [5.41, 5.74) is 2.88. The van der Waals surface area contributed by atoms with E-state index in [1.807, 2.05) is 12.2 Å². The van der Waals surface area contributed by atoms with Crippen LogP contribution in [0.15, 0.2) is 63.8 Å². The molecule has 0 fully saturated rings. The molecule has 0 aromatic carbocycles. The number of nitrogens with zero attached hydrogens (tertiary/aromatic N) is 1. The lowest BCUT2D eigenvalue weighted by Crippen LogP contribution is -2.06. The molecule has 2 aliphatic rings. The van der Waals surface area contributed by atoms with Gasteiger partial charge in [0, 0.05) is 11.1 Å². The molecule has 0 N–H and O–H groups in total. The molecule has 2 aromatic heterocycles. The average molecular weight is 319 g/mol. The van der Waals surface area contributed by atoms with Crippen molar-refractivity contribution in [2.24, 2.45) is 0 Å². The Morgan fingerprint density at radius 3 is 2.38 bits per heavy atom. The van der Waals surface area contributed by atoms with Gasteiger partial charge in [0.1, 0.15) is 11.3 Å². The van der Waals surface area contributed by atoms with Crippen LogP contribution < -0.4 is 0 Å². The largest absolute Gasteiger partial charge is 0.461 e. The molecule has 0 bridgehead atoms. The average Bonchev–Trinajstić information content (AvgIpc) is 3.32. The van der Waals surface area contributed by atoms with Crippen molar-refractivity contribution in [2.45, 2.75) is 25.7 Å². The van der Waals surface area contributed by atoms with E-state index in [-0.39, 0.29) is 5.78 Å². The minimum absolute atomic E-state index is 0.203. The van der Waals surface area contributed by atoms with E-state index in [0.29, 0.717) is 22.8 Å². The first kappa shape index (κ1) is 14.7. The van der Waals surface area contributed by atoms with Crippen molar-refractivity contribution in [3.8, 4) is 0 Å². The first-order valence-corrected chi connectivity index (χ1v) is 8.16. The van der Waals surface area contributed by atoms with Crippen LogP contribution in [0.3, 0.4) is 0 Å². The lowest BCUT2D eigenvalue weighted by Gasteiger charge is -2.07. The molecule has 2 heterocycles. The number of aromatic nitrogens is 1. The summed E-state index contributed by atoms with van der Waals surface area (Å²) in [5, 5.41) is 4.21. The van der Waals surface area contributed by atoms with E-state index in [0.717, 1.165) is 36.8 Å². The fourth-order valence-electron chi connectivity index (χ4n) is 3.00. The van der Waals surface area contributed by atoms with Crippen LogP contribution in [0, 0.1) is 0 Å². The second kappa shape index (κ2) is 6.32. The standard InChI is InChI=1S/C20H17NO3/c22-19(16-12-7-13-23-16)17-18(14-8-3-1-4-9-14)21-24-20(17)15-10-5-2-6-11-15/h3,5,7-13H,1-2,4,6H2. The van der Waals surface area contributed by atoms with Crippen molar-refractivity contribution in [2.75, 3.05) is 0 Å². The van der Waals surface area contributed by atoms with Crippen molar-refractivity contribution >= 4 is 16.9 Å². The third-order valence-corrected chi connectivity index (χ3v) is 4.19. The summed E-state index contributed by atoms with van der Waals surface area (Å²) >= 11 is 0. The number of carbonyl (C=O) groups excluding carboxylic acids is 1. The minimum Gasteiger partial charge on any atom is -0.461 e. The molecule has 0 radical (unpaired) electrons. The van der Waals surface area contributed by atoms with Crippen molar-refractivity contribution in [3.05, 3.63) is 77.6 Å². The van der Waals surface area contributed by atoms with Crippen molar-refractivity contribution in [3.63, 3.8) is 0 Å². The van der Waals surface area contributed by atoms with Gasteiger partial charge in [0.25, 0.3) is 0 Å². The number of hydrogen-bond acceptors (Lipinski definition) is 4. The quantitative estimate of drug-likeness (QED) is 0.747. The monoisotopic (exact) mass is 319 g/mol. The molecular formula is C20H17NO3. The Balaban J connectivity index is 1.86. The molecular weight excluding hydrogens is 302 g/mol. The zero-order valence-corrected chi connectivity index (χ0v) is 13.2. The van der Waals surface area contributed by atoms with Crippen LogP contribution in [0.5, 0.6) is 0 Å². The van der Waals surface area contributed by atoms with Crippen LogP contribution in [0.4, 0.5) is 0 Å². The van der Waals surface area contributed by atoms with Gasteiger partial charge in [-0.1, -0.05) is 41.6 Å². The second-order valence-electron chi connectivity index (χ2n) is 5.82. The van der Waals surface area contributed by atoms with Gasteiger partial charge in [-0.2, -0.15) is 0 Å². The molecule has 0 spiro atoms. The third-order valence-electron chi connectivity index (χ3n) is 4.19. The van der Waals surface area contributed by atoms with Crippen molar-refractivity contribution in [1.29, 1.82) is 0 Å². The third kappa shape index (κ3) is 2.60. The van der Waals surface area contributed by atoms with E-state index >= 15 is 0 Å². The Kier molecular flexibility index (Phi) is 3.87. The van der Waals surface area contributed by atoms with Crippen molar-refractivity contribution in [1.82, 2.24) is 5.16 Å². The van der Waals surface area contributed by atoms with E-state index in [4.69, 9.17) is 8.94 Å². The van der Waals surface area contributed by atoms with Crippen LogP contribution >= 0.6 is 0 Å². The van der Waals surface area contributed by atoms with E-state index in [1.165, 1.54) is 6.26 Å². The highest BCUT2D eigenvalue weighted by Gasteiger charge is 2.28. The lowest BCUT2D eigenvalue weighted by molar-refractivity contribution is 0.101. The van der Waals surface area contributed by atoms with E-state index in [9.17, 15) is 4.79 Å². The molecule has 0 atom stereocenters. The number of ketones is 1. The SMILES string of the molecule is O=C(c1ccco1)c1c(C2=CCCC=C2)noc1C1=CCCC=C1. The summed E-state index contributed by atoms with van der Waals surface area (Å²) in [5.74, 6) is 0.606. The fraction of sp³-hybridized carbons (Fsp3) is 0.200. The molecule has 4 nitrogen and oxygen atoms in total. The zero-order chi connectivity index (χ0) is 16.4. The number of furan rings is 1. The maximum atomic E-state index is 13.0. The Labute approximate surface area is 139 Å². The van der Waals surface area contributed by atoms with Gasteiger partial charge < -0.3 is 8.94 Å². The summed E-state index contributed by atoms with van der Waals surface area (Å²) in [6.45, 7) is 0. The predicted molar refractivity (Wildman–Crippen MR) is 91.3 cm³/mol. The van der Waals surface area contributed by atoms with Gasteiger partial charge in [-0.3, -0.25) is 4.79 Å². The maximum Gasteiger partial charge on any atom is 0.234 e. The number of allylic oxidation sites excluding steroid dienone is 8. The van der Waals surface area contributed by atoms with Gasteiger partial charge in [0.15, 0.2) is 11.5 Å². The number of hydrogen-bond donors (Lipinski definition) is 0. The lowest BCUT2D eigenvalue weighted by atomic mass is 9.94. The molecule has 2 aliphatic carbocycles. The molecule has 0 saturated carbocycles. The van der Waals surface area contributed by atoms with Gasteiger partial charge in [-0.15, -0.1) is 0 Å². The summed E-state index contributed by atoms with van der Waals surface area (Å²) in [7, 11) is 0. The predicted octanol–water partition coefficient (Wildman–Crippen LogP) is 4.97. The van der Waals surface area contributed by atoms with Crippen LogP contribution in [-0.2, 0) is 0 Å². The molecule has 120 valence electrons. The molecule has 4 rings (SSSR count). The van der Waals surface area contributed by atoms with Crippen molar-refractivity contribution < 1.29 is 13.7 Å². The van der Waals surface area contributed by atoms with Crippen LogP contribution in [-0.4, -0.2) is 10.9 Å². The first-order valence-electron chi connectivity index (χ1n) is 8.16. The molecule has 0 aliphatic heterocycles. The van der Waals surface area contributed by atoms with Gasteiger partial charge in [-0.25, -0.2) is 0 Å². The molecule has 24 heavy (non-hydrogen) atoms. The number of rotatable bonds is 4. The summed E-state index contributed by atoms with van der Waals surface area (Å²) < 4.78 is 10.9. The number of carbonyl (C=O) groups is 1. The van der Waals surface area contributed by atoms with Gasteiger partial charge in [-0.05, 0) is 37.8 Å². The highest BCUT2D eigenvalue weighted by atomic mass is 16.5. The summed E-state index contributed by atoms with van der Waals surface area (Å²) in [6.07, 6.45) is 17.7. The van der Waals surface area contributed by atoms with Crippen LogP contribution in [0.25, 0.3) is 11.1 Å². The van der Waals surface area contributed by atoms with E-state index in [1.54, 1.807) is 12.1 Å². The van der Waals surface area contributed by atoms with Crippen LogP contribution in [0.2, 0.25) is 0 Å². The molecule has 0 saturated heterocycles. The highest BCUT2D eigenvalue weighted by molar-refractivity contribution is 6.12. The Morgan fingerprint density at radius 1 is 1.00 bits per heavy atom. The van der Waals surface area contributed by atoms with Gasteiger partial charge >= 0.3 is 0 Å². The second-order valence-corrected chi connectivity index (χ2v) is 5.82. The normalized spacial score (nSPS) is 16.8. The maximum absolute atomic E-state index is 13.0.